The van der Waals surface area contributed by atoms with Crippen molar-refractivity contribution in [3.8, 4) is 28.3 Å². The molecule has 22 nitrogen and oxygen atoms in total. The first-order valence-electron chi connectivity index (χ1n) is 22.7. The van der Waals surface area contributed by atoms with Gasteiger partial charge < -0.3 is 74.6 Å². The highest BCUT2D eigenvalue weighted by Crippen LogP contribution is 2.37. The Labute approximate surface area is 396 Å². The molecule has 5 aromatic rings. The lowest BCUT2D eigenvalue weighted by Crippen LogP contribution is -2.64. The van der Waals surface area contributed by atoms with Crippen LogP contribution in [0, 0.1) is 5.41 Å². The van der Waals surface area contributed by atoms with Crippen molar-refractivity contribution in [1.29, 1.82) is 0 Å². The molecule has 3 aromatic carbocycles. The largest absolute Gasteiger partial charge is 0.462 e. The first-order valence-corrected chi connectivity index (χ1v) is 22.7. The van der Waals surface area contributed by atoms with Crippen molar-refractivity contribution in [3.05, 3.63) is 103 Å². The molecule has 15 atom stereocenters. The Kier molecular flexibility index (Phi) is 15.8. The molecule has 372 valence electrons. The molecule has 3 aliphatic heterocycles. The third-order valence-corrected chi connectivity index (χ3v) is 12.4. The zero-order valence-corrected chi connectivity index (χ0v) is 38.1. The number of ether oxygens (including phenoxy) is 6. The lowest BCUT2D eigenvalue weighted by atomic mass is 9.95. The third kappa shape index (κ3) is 11.2. The minimum absolute atomic E-state index is 0.0905. The molecule has 0 radical (unpaired) electrons. The number of carbonyl (C=O) groups excluding carboxylic acids is 1. The first-order chi connectivity index (χ1) is 33.1. The first kappa shape index (κ1) is 50.1. The lowest BCUT2D eigenvalue weighted by molar-refractivity contribution is -0.350. The van der Waals surface area contributed by atoms with Gasteiger partial charge in [0, 0.05) is 23.1 Å². The maximum atomic E-state index is 12.4. The lowest BCUT2D eigenvalue weighted by Gasteiger charge is -2.47. The fourth-order valence-electron chi connectivity index (χ4n) is 8.37. The number of hydrogen-bond donors (Lipinski definition) is 9. The molecule has 2 aromatic heterocycles. The van der Waals surface area contributed by atoms with Crippen molar-refractivity contribution in [1.82, 2.24) is 35.3 Å². The maximum absolute atomic E-state index is 12.4. The summed E-state index contributed by atoms with van der Waals surface area (Å²) in [6, 6.07) is 22.3. The van der Waals surface area contributed by atoms with Crippen molar-refractivity contribution in [2.75, 3.05) is 26.4 Å². The summed E-state index contributed by atoms with van der Waals surface area (Å²) in [4.78, 5) is 12.4. The maximum Gasteiger partial charge on any atom is 0.229 e. The number of hydrogen-bond acceptors (Lipinski definition) is 19. The molecule has 0 spiro atoms. The van der Waals surface area contributed by atoms with E-state index in [-0.39, 0.29) is 11.7 Å². The summed E-state index contributed by atoms with van der Waals surface area (Å²) in [5, 5.41) is 109. The molecule has 3 fully saturated rings. The Morgan fingerprint density at radius 3 is 1.67 bits per heavy atom. The standard InChI is InChI=1S/C47H59N7O15/c1-47(2,3)46(63)48-19-18-25-14-16-28(17-15-25)65-45-41(62)42(69-44-35(40(61)37(58)32(23-56)67-44)54-21-30(50-52-54)27-12-8-5-9-13-27)38(59)33(68-45)24-64-43-34(39(60)36(57)31(22-55)66-43)53-20-29(49-51-53)26-10-6-4-7-11-26/h4-17,20-21,31-45,55-62H,18-19,22-24H2,1-3H3,(H,48,63)/t31?,32?,33?,34?,35?,36-,37+,38-,39-,40+,41?,42+,43+,44+,45+/m1/s1. The molecule has 69 heavy (non-hydrogen) atoms. The van der Waals surface area contributed by atoms with Crippen LogP contribution in [0.15, 0.2) is 97.3 Å². The summed E-state index contributed by atoms with van der Waals surface area (Å²) in [7, 11) is 0. The number of nitrogens with one attached hydrogen (secondary N) is 1. The van der Waals surface area contributed by atoms with Gasteiger partial charge in [0.25, 0.3) is 0 Å². The van der Waals surface area contributed by atoms with Crippen molar-refractivity contribution < 1.29 is 74.1 Å². The van der Waals surface area contributed by atoms with E-state index >= 15 is 0 Å². The van der Waals surface area contributed by atoms with Crippen LogP contribution in [-0.4, -0.2) is 183 Å². The Balaban J connectivity index is 1.07. The summed E-state index contributed by atoms with van der Waals surface area (Å²) >= 11 is 0. The van der Waals surface area contributed by atoms with Crippen LogP contribution in [0.3, 0.4) is 0 Å². The van der Waals surface area contributed by atoms with E-state index < -0.39 is 117 Å². The number of benzene rings is 3. The highest BCUT2D eigenvalue weighted by atomic mass is 16.7. The number of aliphatic hydroxyl groups excluding tert-OH is 8. The Hall–Kier alpha value is -5.31. The fraction of sp³-hybridized carbons (Fsp3) is 0.511. The van der Waals surface area contributed by atoms with Crippen LogP contribution in [0.25, 0.3) is 22.5 Å². The topological polar surface area (TPSA) is 308 Å². The minimum atomic E-state index is -1.79. The van der Waals surface area contributed by atoms with E-state index in [2.05, 4.69) is 25.9 Å². The number of rotatable bonds is 16. The summed E-state index contributed by atoms with van der Waals surface area (Å²) < 4.78 is 39.5. The molecule has 0 saturated carbocycles. The summed E-state index contributed by atoms with van der Waals surface area (Å²) in [6.07, 6.45) is -16.9. The van der Waals surface area contributed by atoms with Gasteiger partial charge in [-0.15, -0.1) is 10.2 Å². The molecule has 0 bridgehead atoms. The molecule has 3 aliphatic rings. The monoisotopic (exact) mass is 961 g/mol. The van der Waals surface area contributed by atoms with Crippen molar-refractivity contribution >= 4 is 5.91 Å². The number of aromatic nitrogens is 6. The van der Waals surface area contributed by atoms with Crippen molar-refractivity contribution in [2.45, 2.75) is 119 Å². The van der Waals surface area contributed by atoms with Crippen LogP contribution < -0.4 is 10.1 Å². The Morgan fingerprint density at radius 2 is 1.14 bits per heavy atom. The van der Waals surface area contributed by atoms with Crippen molar-refractivity contribution in [2.24, 2.45) is 5.41 Å². The van der Waals surface area contributed by atoms with Gasteiger partial charge in [0.05, 0.1) is 32.2 Å². The van der Waals surface area contributed by atoms with Gasteiger partial charge in [-0.3, -0.25) is 4.79 Å². The quantitative estimate of drug-likeness (QED) is 0.0602. The molecule has 8 rings (SSSR count). The molecule has 9 N–H and O–H groups in total. The number of amides is 1. The molecule has 6 unspecified atom stereocenters. The predicted octanol–water partition coefficient (Wildman–Crippen LogP) is -0.504. The minimum Gasteiger partial charge on any atom is -0.462 e. The van der Waals surface area contributed by atoms with E-state index in [0.717, 1.165) is 5.56 Å². The van der Waals surface area contributed by atoms with Gasteiger partial charge in [0.15, 0.2) is 12.6 Å². The van der Waals surface area contributed by atoms with Crippen molar-refractivity contribution in [3.63, 3.8) is 0 Å². The van der Waals surface area contributed by atoms with Gasteiger partial charge in [0.2, 0.25) is 12.2 Å². The second-order valence-corrected chi connectivity index (χ2v) is 18.3. The molecule has 3 saturated heterocycles. The van der Waals surface area contributed by atoms with Crippen LogP contribution >= 0.6 is 0 Å². The predicted molar refractivity (Wildman–Crippen MR) is 239 cm³/mol. The van der Waals surface area contributed by atoms with Crippen LogP contribution in [0.4, 0.5) is 0 Å². The average molecular weight is 962 g/mol. The highest BCUT2D eigenvalue weighted by Gasteiger charge is 2.54. The van der Waals surface area contributed by atoms with Crippen LogP contribution in [0.2, 0.25) is 0 Å². The summed E-state index contributed by atoms with van der Waals surface area (Å²) in [6.45, 7) is 3.87. The van der Waals surface area contributed by atoms with Gasteiger partial charge in [-0.1, -0.05) is 104 Å². The van der Waals surface area contributed by atoms with Crippen LogP contribution in [-0.2, 0) is 34.9 Å². The molecular weight excluding hydrogens is 903 g/mol. The second kappa shape index (κ2) is 21.8. The zero-order chi connectivity index (χ0) is 49.0. The second-order valence-electron chi connectivity index (χ2n) is 18.3. The van der Waals surface area contributed by atoms with E-state index in [0.29, 0.717) is 35.5 Å². The fourth-order valence-corrected chi connectivity index (χ4v) is 8.37. The number of carbonyl (C=O) groups is 1. The molecule has 1 amide bonds. The normalized spacial score (nSPS) is 31.8. The van der Waals surface area contributed by atoms with E-state index in [1.807, 2.05) is 57.2 Å². The highest BCUT2D eigenvalue weighted by molar-refractivity contribution is 5.81. The molecular formula is C47H59N7O15. The Bertz CT molecular complexity index is 2410. The van der Waals surface area contributed by atoms with Gasteiger partial charge in [-0.2, -0.15) is 0 Å². The third-order valence-electron chi connectivity index (χ3n) is 12.4. The summed E-state index contributed by atoms with van der Waals surface area (Å²) in [5.41, 5.74) is 2.57. The SMILES string of the molecule is CC(C)(C)C(=O)NCCc1ccc(O[C@H]2OC(CO[C@H]3OC(CO)[C@@H](O)[C@H](O)C3n3cc(-c4ccccc4)nn3)[C@@H](O)[C@H](O[C@@H]3OC(CO)[C@H](O)[C@@H](O)C3n3cc(-c4ccccc4)nn3)C2O)cc1. The smallest absolute Gasteiger partial charge is 0.229 e. The Morgan fingerprint density at radius 1 is 0.638 bits per heavy atom. The van der Waals surface area contributed by atoms with Gasteiger partial charge in [-0.05, 0) is 24.1 Å². The van der Waals surface area contributed by atoms with Gasteiger partial charge in [0.1, 0.15) is 90.3 Å². The van der Waals surface area contributed by atoms with Gasteiger partial charge >= 0.3 is 0 Å². The van der Waals surface area contributed by atoms with Crippen LogP contribution in [0.5, 0.6) is 5.75 Å². The number of aliphatic hydroxyl groups is 8. The average Bonchev–Trinajstić information content (AvgIpc) is 4.05. The van der Waals surface area contributed by atoms with E-state index in [4.69, 9.17) is 28.4 Å². The molecule has 5 heterocycles. The van der Waals surface area contributed by atoms with Crippen LogP contribution in [0.1, 0.15) is 38.4 Å². The molecule has 22 heteroatoms. The van der Waals surface area contributed by atoms with E-state index in [9.17, 15) is 45.6 Å². The summed E-state index contributed by atoms with van der Waals surface area (Å²) in [5.74, 6) is 0.143. The number of nitrogens with zero attached hydrogens (tertiary/aromatic N) is 6. The molecule has 0 aliphatic carbocycles. The van der Waals surface area contributed by atoms with E-state index in [1.165, 1.54) is 21.8 Å². The van der Waals surface area contributed by atoms with E-state index in [1.54, 1.807) is 48.5 Å². The zero-order valence-electron chi connectivity index (χ0n) is 38.1. The van der Waals surface area contributed by atoms with Gasteiger partial charge in [-0.25, -0.2) is 9.36 Å².